The van der Waals surface area contributed by atoms with Gasteiger partial charge in [0.15, 0.2) is 11.9 Å². The molecule has 312 valence electrons. The Morgan fingerprint density at radius 3 is 1.85 bits per heavy atom. The number of likely N-dealkylation sites (tertiary alicyclic amines) is 1. The van der Waals surface area contributed by atoms with Crippen LogP contribution in [0.1, 0.15) is 83.7 Å². The number of aromatic amines is 1. The number of benzene rings is 3. The molecule has 0 bridgehead atoms. The maximum atomic E-state index is 14.7. The lowest BCUT2D eigenvalue weighted by Gasteiger charge is -2.38. The summed E-state index contributed by atoms with van der Waals surface area (Å²) in [5, 5.41) is 15.2. The molecule has 5 aromatic rings. The van der Waals surface area contributed by atoms with Gasteiger partial charge in [-0.25, -0.2) is 24.4 Å². The number of nitrogens with zero attached hydrogens (tertiary/aromatic N) is 3. The number of H-pyrrole nitrogens is 1. The second kappa shape index (κ2) is 17.1. The molecule has 3 heterocycles. The van der Waals surface area contributed by atoms with E-state index in [1.807, 2.05) is 91.0 Å². The highest BCUT2D eigenvalue weighted by Crippen LogP contribution is 2.45. The molecule has 5 N–H and O–H groups in total. The lowest BCUT2D eigenvalue weighted by molar-refractivity contribution is -0.159. The standard InChI is InChI=1S/C45H54N6O8/c1-27(2)33(50-41(54)58-43(3,4)5)40(53)57-38-36(31-24-47-35-34(31)48-26-49-39(35)46)51(42(55)59-44(6,7)8)32(37(38)52)25-56-45(28-18-12-9-13-19-28,29-20-14-10-15-21-29)30-22-16-11-17-23-30/h9-24,26-27,32-33,36-38,47,52H,25H2,1-8H3,(H,50,54)(H2,46,48,49)/t32?,33-,36?,37?,38?/m0/s1. The maximum absolute atomic E-state index is 14.7. The number of ether oxygens (including phenoxy) is 4. The average molecular weight is 807 g/mol. The van der Waals surface area contributed by atoms with Gasteiger partial charge >= 0.3 is 18.2 Å². The fourth-order valence-corrected chi connectivity index (χ4v) is 7.46. The minimum Gasteiger partial charge on any atom is -0.455 e. The molecule has 3 aromatic carbocycles. The average Bonchev–Trinajstić information content (AvgIpc) is 3.73. The van der Waals surface area contributed by atoms with Crippen molar-refractivity contribution in [2.75, 3.05) is 12.3 Å². The molecule has 1 fully saturated rings. The third kappa shape index (κ3) is 9.18. The molecule has 59 heavy (non-hydrogen) atoms. The summed E-state index contributed by atoms with van der Waals surface area (Å²) in [6.45, 7) is 13.5. The van der Waals surface area contributed by atoms with Gasteiger partial charge < -0.3 is 40.1 Å². The third-order valence-electron chi connectivity index (χ3n) is 10.0. The summed E-state index contributed by atoms with van der Waals surface area (Å²) in [6.07, 6.45) is -1.73. The number of amides is 2. The van der Waals surface area contributed by atoms with Gasteiger partial charge in [0.1, 0.15) is 46.8 Å². The number of hydrogen-bond acceptors (Lipinski definition) is 11. The first-order valence-electron chi connectivity index (χ1n) is 19.7. The van der Waals surface area contributed by atoms with Crippen molar-refractivity contribution in [3.8, 4) is 0 Å². The molecule has 4 unspecified atom stereocenters. The Bertz CT molecular complexity index is 2120. The van der Waals surface area contributed by atoms with Crippen LogP contribution >= 0.6 is 0 Å². The monoisotopic (exact) mass is 806 g/mol. The van der Waals surface area contributed by atoms with E-state index in [-0.39, 0.29) is 12.4 Å². The van der Waals surface area contributed by atoms with Gasteiger partial charge in [-0.2, -0.15) is 0 Å². The molecule has 1 aliphatic rings. The lowest BCUT2D eigenvalue weighted by Crippen LogP contribution is -2.49. The molecule has 2 amide bonds. The highest BCUT2D eigenvalue weighted by Gasteiger charge is 2.56. The minimum absolute atomic E-state index is 0.150. The summed E-state index contributed by atoms with van der Waals surface area (Å²) in [6, 6.07) is 25.5. The van der Waals surface area contributed by atoms with Crippen molar-refractivity contribution in [2.45, 2.75) is 103 Å². The predicted octanol–water partition coefficient (Wildman–Crippen LogP) is 7.03. The number of fused-ring (bicyclic) bond motifs is 1. The van der Waals surface area contributed by atoms with E-state index in [0.717, 1.165) is 16.7 Å². The van der Waals surface area contributed by atoms with Crippen LogP contribution in [-0.4, -0.2) is 85.2 Å². The highest BCUT2D eigenvalue weighted by molar-refractivity contribution is 5.88. The number of rotatable bonds is 11. The Balaban J connectivity index is 1.50. The first-order chi connectivity index (χ1) is 27.9. The molecule has 0 spiro atoms. The van der Waals surface area contributed by atoms with Crippen LogP contribution in [0.5, 0.6) is 0 Å². The van der Waals surface area contributed by atoms with Crippen LogP contribution in [0.4, 0.5) is 15.4 Å². The number of aliphatic hydroxyl groups is 1. The molecule has 0 saturated carbocycles. The molecule has 0 radical (unpaired) electrons. The van der Waals surface area contributed by atoms with Crippen LogP contribution in [-0.2, 0) is 29.3 Å². The number of hydrogen-bond donors (Lipinski definition) is 4. The number of nitrogens with two attached hydrogens (primary N) is 1. The number of alkyl carbamates (subject to hydrolysis) is 1. The van der Waals surface area contributed by atoms with E-state index < -0.39 is 71.2 Å². The van der Waals surface area contributed by atoms with E-state index in [0.29, 0.717) is 16.6 Å². The van der Waals surface area contributed by atoms with Crippen molar-refractivity contribution in [3.63, 3.8) is 0 Å². The molecular formula is C45H54N6O8. The van der Waals surface area contributed by atoms with Crippen molar-refractivity contribution >= 4 is 35.0 Å². The molecular weight excluding hydrogens is 753 g/mol. The normalized spacial score (nSPS) is 19.1. The van der Waals surface area contributed by atoms with Gasteiger partial charge in [0.2, 0.25) is 0 Å². The van der Waals surface area contributed by atoms with Crippen molar-refractivity contribution in [3.05, 3.63) is 126 Å². The van der Waals surface area contributed by atoms with Crippen molar-refractivity contribution in [2.24, 2.45) is 5.92 Å². The van der Waals surface area contributed by atoms with E-state index in [2.05, 4.69) is 20.3 Å². The van der Waals surface area contributed by atoms with Gasteiger partial charge in [-0.05, 0) is 64.2 Å². The number of esters is 1. The molecule has 14 heteroatoms. The zero-order valence-corrected chi connectivity index (χ0v) is 34.7. The molecule has 1 aliphatic heterocycles. The van der Waals surface area contributed by atoms with E-state index in [4.69, 9.17) is 24.7 Å². The number of aliphatic hydroxyl groups excluding tert-OH is 1. The van der Waals surface area contributed by atoms with Crippen LogP contribution in [0.25, 0.3) is 11.0 Å². The molecule has 5 atom stereocenters. The van der Waals surface area contributed by atoms with Gasteiger partial charge in [-0.15, -0.1) is 0 Å². The molecule has 0 aliphatic carbocycles. The van der Waals surface area contributed by atoms with Crippen LogP contribution in [0.3, 0.4) is 0 Å². The Labute approximate surface area is 344 Å². The fourth-order valence-electron chi connectivity index (χ4n) is 7.46. The first kappa shape index (κ1) is 42.6. The smallest absolute Gasteiger partial charge is 0.411 e. The van der Waals surface area contributed by atoms with Crippen molar-refractivity contribution < 1.29 is 38.4 Å². The van der Waals surface area contributed by atoms with Crippen LogP contribution < -0.4 is 11.1 Å². The third-order valence-corrected chi connectivity index (χ3v) is 10.0. The largest absolute Gasteiger partial charge is 0.455 e. The zero-order valence-electron chi connectivity index (χ0n) is 34.7. The zero-order chi connectivity index (χ0) is 42.7. The van der Waals surface area contributed by atoms with E-state index >= 15 is 0 Å². The number of nitrogen functional groups attached to an aromatic ring is 1. The van der Waals surface area contributed by atoms with E-state index in [1.54, 1.807) is 61.6 Å². The number of carbonyl (C=O) groups is 3. The van der Waals surface area contributed by atoms with Crippen molar-refractivity contribution in [1.82, 2.24) is 25.2 Å². The van der Waals surface area contributed by atoms with Gasteiger partial charge in [-0.1, -0.05) is 105 Å². The second-order valence-electron chi connectivity index (χ2n) is 17.0. The quantitative estimate of drug-likeness (QED) is 0.0609. The summed E-state index contributed by atoms with van der Waals surface area (Å²) in [4.78, 5) is 55.0. The molecule has 14 nitrogen and oxygen atoms in total. The molecule has 6 rings (SSSR count). The Morgan fingerprint density at radius 1 is 0.831 bits per heavy atom. The van der Waals surface area contributed by atoms with Gasteiger partial charge in [0.05, 0.1) is 18.2 Å². The number of nitrogens with one attached hydrogen (secondary N) is 2. The van der Waals surface area contributed by atoms with Crippen LogP contribution in [0.2, 0.25) is 0 Å². The van der Waals surface area contributed by atoms with Crippen LogP contribution in [0, 0.1) is 5.92 Å². The maximum Gasteiger partial charge on any atom is 0.411 e. The Hall–Kier alpha value is -5.99. The van der Waals surface area contributed by atoms with Crippen LogP contribution in [0.15, 0.2) is 104 Å². The first-order valence-corrected chi connectivity index (χ1v) is 19.7. The topological polar surface area (TPSA) is 191 Å². The Kier molecular flexibility index (Phi) is 12.3. The molecule has 2 aromatic heterocycles. The van der Waals surface area contributed by atoms with Crippen molar-refractivity contribution in [1.29, 1.82) is 0 Å². The summed E-state index contributed by atoms with van der Waals surface area (Å²) in [5.74, 6) is -1.17. The summed E-state index contributed by atoms with van der Waals surface area (Å²) >= 11 is 0. The number of aromatic nitrogens is 3. The van der Waals surface area contributed by atoms with Gasteiger partial charge in [-0.3, -0.25) is 4.90 Å². The molecule has 1 saturated heterocycles. The Morgan fingerprint density at radius 2 is 1.36 bits per heavy atom. The summed E-state index contributed by atoms with van der Waals surface area (Å²) < 4.78 is 24.9. The fraction of sp³-hybridized carbons (Fsp3) is 0.400. The number of anilines is 1. The van der Waals surface area contributed by atoms with E-state index in [1.165, 1.54) is 11.2 Å². The SMILES string of the molecule is CC(C)[C@H](NC(=O)OC(C)(C)C)C(=O)OC1C(O)C(COC(c2ccccc2)(c2ccccc2)c2ccccc2)N(C(=O)OC(C)(C)C)C1c1c[nH]c2c(N)ncnc12. The predicted molar refractivity (Wildman–Crippen MR) is 222 cm³/mol. The summed E-state index contributed by atoms with van der Waals surface area (Å²) in [5.41, 5.74) is 6.68. The number of carbonyl (C=O) groups excluding carboxylic acids is 3. The highest BCUT2D eigenvalue weighted by atomic mass is 16.6. The van der Waals surface area contributed by atoms with Gasteiger partial charge in [0, 0.05) is 11.8 Å². The summed E-state index contributed by atoms with van der Waals surface area (Å²) in [7, 11) is 0. The minimum atomic E-state index is -1.56. The lowest BCUT2D eigenvalue weighted by atomic mass is 9.80. The second-order valence-corrected chi connectivity index (χ2v) is 17.0. The van der Waals surface area contributed by atoms with Gasteiger partial charge in [0.25, 0.3) is 0 Å². The van der Waals surface area contributed by atoms with E-state index in [9.17, 15) is 19.5 Å².